The minimum atomic E-state index is -4.38. The second kappa shape index (κ2) is 8.12. The van der Waals surface area contributed by atoms with Crippen LogP contribution in [0, 0.1) is 5.92 Å². The second-order valence-corrected chi connectivity index (χ2v) is 7.31. The van der Waals surface area contributed by atoms with Crippen LogP contribution in [0.4, 0.5) is 13.2 Å². The fraction of sp³-hybridized carbons (Fsp3) is 0.529. The third kappa shape index (κ3) is 5.39. The lowest BCUT2D eigenvalue weighted by Crippen LogP contribution is -2.49. The van der Waals surface area contributed by atoms with Crippen molar-refractivity contribution in [3.8, 4) is 0 Å². The van der Waals surface area contributed by atoms with Crippen molar-refractivity contribution >= 4 is 23.6 Å². The largest absolute Gasteiger partial charge is 0.481 e. The zero-order valence-corrected chi connectivity index (χ0v) is 14.6. The molecule has 1 aliphatic rings. The molecular weight excluding hydrogens is 355 g/mol. The van der Waals surface area contributed by atoms with Gasteiger partial charge in [-0.05, 0) is 24.1 Å². The van der Waals surface area contributed by atoms with E-state index in [-0.39, 0.29) is 18.4 Å². The molecule has 0 aromatic heterocycles. The number of thioether (sulfide) groups is 1. The van der Waals surface area contributed by atoms with Crippen LogP contribution in [0.1, 0.15) is 24.5 Å². The van der Waals surface area contributed by atoms with Gasteiger partial charge in [-0.25, -0.2) is 0 Å². The van der Waals surface area contributed by atoms with Crippen LogP contribution in [0.15, 0.2) is 24.3 Å². The lowest BCUT2D eigenvalue weighted by atomic mass is 9.98. The maximum atomic E-state index is 12.7. The highest BCUT2D eigenvalue weighted by atomic mass is 32.2. The summed E-state index contributed by atoms with van der Waals surface area (Å²) in [5.41, 5.74) is -0.0696. The molecule has 0 bridgehead atoms. The normalized spacial score (nSPS) is 19.5. The minimum Gasteiger partial charge on any atom is -0.481 e. The van der Waals surface area contributed by atoms with E-state index < -0.39 is 23.6 Å². The number of hydrogen-bond donors (Lipinski definition) is 1. The quantitative estimate of drug-likeness (QED) is 0.858. The van der Waals surface area contributed by atoms with E-state index in [2.05, 4.69) is 0 Å². The van der Waals surface area contributed by atoms with Gasteiger partial charge in [0.05, 0.1) is 18.0 Å². The third-order valence-corrected chi connectivity index (χ3v) is 5.26. The van der Waals surface area contributed by atoms with Crippen LogP contribution in [-0.2, 0) is 22.2 Å². The summed E-state index contributed by atoms with van der Waals surface area (Å²) in [6, 6.07) is 4.45. The Kier molecular flexibility index (Phi) is 6.37. The Hall–Kier alpha value is -1.70. The number of rotatable bonds is 5. The summed E-state index contributed by atoms with van der Waals surface area (Å²) in [5, 5.41) is 8.99. The maximum absolute atomic E-state index is 12.7. The number of amides is 1. The Balaban J connectivity index is 2.02. The van der Waals surface area contributed by atoms with Gasteiger partial charge >= 0.3 is 12.1 Å². The molecule has 0 saturated carbocycles. The van der Waals surface area contributed by atoms with Crippen molar-refractivity contribution in [2.75, 3.05) is 18.1 Å². The van der Waals surface area contributed by atoms with Crippen molar-refractivity contribution in [1.29, 1.82) is 0 Å². The molecular formula is C17H20F3NO3S. The van der Waals surface area contributed by atoms with Crippen LogP contribution in [0.2, 0.25) is 0 Å². The molecule has 1 aromatic carbocycles. The van der Waals surface area contributed by atoms with E-state index in [9.17, 15) is 22.8 Å². The van der Waals surface area contributed by atoms with Crippen LogP contribution < -0.4 is 0 Å². The molecule has 1 fully saturated rings. The van der Waals surface area contributed by atoms with Crippen molar-refractivity contribution in [2.45, 2.75) is 32.0 Å². The standard InChI is InChI=1S/C17H20F3NO3S/c1-11(8-12-2-4-13(5-3-12)17(18,19)20)16(24)21-6-7-25-10-14(21)9-15(22)23/h2-5,11,14H,6-10H2,1H3,(H,22,23). The van der Waals surface area contributed by atoms with Crippen molar-refractivity contribution < 1.29 is 27.9 Å². The SMILES string of the molecule is CC(Cc1ccc(C(F)(F)F)cc1)C(=O)N1CCSCC1CC(=O)O. The molecule has 0 spiro atoms. The molecule has 138 valence electrons. The number of carbonyl (C=O) groups excluding carboxylic acids is 1. The number of halogens is 3. The molecule has 4 nitrogen and oxygen atoms in total. The average Bonchev–Trinajstić information content (AvgIpc) is 2.54. The van der Waals surface area contributed by atoms with Crippen LogP contribution in [0.5, 0.6) is 0 Å². The highest BCUT2D eigenvalue weighted by Gasteiger charge is 2.32. The van der Waals surface area contributed by atoms with Gasteiger partial charge in [0.15, 0.2) is 0 Å². The number of hydrogen-bond acceptors (Lipinski definition) is 3. The Morgan fingerprint density at radius 3 is 2.52 bits per heavy atom. The van der Waals surface area contributed by atoms with E-state index >= 15 is 0 Å². The topological polar surface area (TPSA) is 57.6 Å². The molecule has 8 heteroatoms. The number of carbonyl (C=O) groups is 2. The van der Waals surface area contributed by atoms with E-state index in [1.165, 1.54) is 12.1 Å². The summed E-state index contributed by atoms with van der Waals surface area (Å²) in [6.45, 7) is 2.22. The Bertz CT molecular complexity index is 619. The Morgan fingerprint density at radius 1 is 1.32 bits per heavy atom. The monoisotopic (exact) mass is 375 g/mol. The van der Waals surface area contributed by atoms with Gasteiger partial charge in [-0.1, -0.05) is 19.1 Å². The number of nitrogens with zero attached hydrogens (tertiary/aromatic N) is 1. The molecule has 0 radical (unpaired) electrons. The highest BCUT2D eigenvalue weighted by molar-refractivity contribution is 7.99. The molecule has 1 saturated heterocycles. The fourth-order valence-electron chi connectivity index (χ4n) is 2.87. The number of aliphatic carboxylic acids is 1. The van der Waals surface area contributed by atoms with Crippen LogP contribution >= 0.6 is 11.8 Å². The second-order valence-electron chi connectivity index (χ2n) is 6.16. The molecule has 2 atom stereocenters. The number of alkyl halides is 3. The van der Waals surface area contributed by atoms with Crippen LogP contribution in [0.3, 0.4) is 0 Å². The van der Waals surface area contributed by atoms with Gasteiger partial charge in [0.25, 0.3) is 0 Å². The van der Waals surface area contributed by atoms with E-state index in [1.54, 1.807) is 23.6 Å². The smallest absolute Gasteiger partial charge is 0.416 e. The van der Waals surface area contributed by atoms with E-state index in [0.29, 0.717) is 24.3 Å². The van der Waals surface area contributed by atoms with Gasteiger partial charge in [0, 0.05) is 24.0 Å². The van der Waals surface area contributed by atoms with E-state index in [1.807, 2.05) is 0 Å². The van der Waals surface area contributed by atoms with E-state index in [0.717, 1.165) is 17.9 Å². The van der Waals surface area contributed by atoms with Crippen LogP contribution in [-0.4, -0.2) is 46.0 Å². The van der Waals surface area contributed by atoms with E-state index in [4.69, 9.17) is 5.11 Å². The average molecular weight is 375 g/mol. The Morgan fingerprint density at radius 2 is 1.96 bits per heavy atom. The summed E-state index contributed by atoms with van der Waals surface area (Å²) in [5.74, 6) is -0.164. The molecule has 1 amide bonds. The molecule has 1 N–H and O–H groups in total. The molecule has 2 unspecified atom stereocenters. The summed E-state index contributed by atoms with van der Waals surface area (Å²) < 4.78 is 37.8. The first-order valence-electron chi connectivity index (χ1n) is 7.94. The fourth-order valence-corrected chi connectivity index (χ4v) is 3.93. The summed E-state index contributed by atoms with van der Waals surface area (Å²) in [4.78, 5) is 25.2. The van der Waals surface area contributed by atoms with Gasteiger partial charge in [-0.2, -0.15) is 24.9 Å². The summed E-state index contributed by atoms with van der Waals surface area (Å²) in [6.07, 6.45) is -4.15. The van der Waals surface area contributed by atoms with Crippen molar-refractivity contribution in [1.82, 2.24) is 4.90 Å². The number of carboxylic acid groups (broad SMARTS) is 1. The Labute approximate surface area is 148 Å². The van der Waals surface area contributed by atoms with Crippen molar-refractivity contribution in [3.63, 3.8) is 0 Å². The van der Waals surface area contributed by atoms with Gasteiger partial charge in [-0.15, -0.1) is 0 Å². The predicted molar refractivity (Wildman–Crippen MR) is 89.4 cm³/mol. The molecule has 2 rings (SSSR count). The first kappa shape index (κ1) is 19.6. The molecule has 1 heterocycles. The zero-order chi connectivity index (χ0) is 18.6. The highest BCUT2D eigenvalue weighted by Crippen LogP contribution is 2.29. The van der Waals surface area contributed by atoms with Gasteiger partial charge < -0.3 is 10.0 Å². The van der Waals surface area contributed by atoms with Gasteiger partial charge in [-0.3, -0.25) is 9.59 Å². The van der Waals surface area contributed by atoms with Gasteiger partial charge in [0.2, 0.25) is 5.91 Å². The predicted octanol–water partition coefficient (Wildman–Crippen LogP) is 3.30. The third-order valence-electron chi connectivity index (χ3n) is 4.17. The molecule has 0 aliphatic carbocycles. The van der Waals surface area contributed by atoms with Crippen molar-refractivity contribution in [3.05, 3.63) is 35.4 Å². The molecule has 1 aliphatic heterocycles. The lowest BCUT2D eigenvalue weighted by Gasteiger charge is -2.36. The van der Waals surface area contributed by atoms with Gasteiger partial charge in [0.1, 0.15) is 0 Å². The summed E-state index contributed by atoms with van der Waals surface area (Å²) in [7, 11) is 0. The van der Waals surface area contributed by atoms with Crippen molar-refractivity contribution in [2.24, 2.45) is 5.92 Å². The maximum Gasteiger partial charge on any atom is 0.416 e. The molecule has 25 heavy (non-hydrogen) atoms. The molecule has 1 aromatic rings. The summed E-state index contributed by atoms with van der Waals surface area (Å²) >= 11 is 1.62. The number of carboxylic acids is 1. The first-order valence-corrected chi connectivity index (χ1v) is 9.10. The lowest BCUT2D eigenvalue weighted by molar-refractivity contribution is -0.142. The van der Waals surface area contributed by atoms with Crippen LogP contribution in [0.25, 0.3) is 0 Å². The number of benzene rings is 1. The first-order chi connectivity index (χ1) is 11.7. The zero-order valence-electron chi connectivity index (χ0n) is 13.8. The minimum absolute atomic E-state index is 0.0915.